The van der Waals surface area contributed by atoms with Gasteiger partial charge < -0.3 is 14.9 Å². The monoisotopic (exact) mass is 428 g/mol. The summed E-state index contributed by atoms with van der Waals surface area (Å²) in [7, 11) is 4.02. The van der Waals surface area contributed by atoms with Gasteiger partial charge in [0.2, 0.25) is 0 Å². The zero-order valence-electron chi connectivity index (χ0n) is 19.2. The molecule has 2 unspecified atom stereocenters. The molecule has 2 aliphatic heterocycles. The minimum absolute atomic E-state index is 0.193. The molecule has 5 nitrogen and oxygen atoms in total. The Labute approximate surface area is 191 Å². The lowest BCUT2D eigenvalue weighted by molar-refractivity contribution is 0.238. The molecule has 1 N–H and O–H groups in total. The van der Waals surface area contributed by atoms with Crippen LogP contribution in [0.1, 0.15) is 24.5 Å². The molecule has 2 aliphatic rings. The van der Waals surface area contributed by atoms with Gasteiger partial charge in [-0.3, -0.25) is 4.99 Å². The molecule has 0 spiro atoms. The van der Waals surface area contributed by atoms with Crippen LogP contribution in [0.25, 0.3) is 22.4 Å². The van der Waals surface area contributed by atoms with Crippen LogP contribution in [-0.4, -0.2) is 61.0 Å². The van der Waals surface area contributed by atoms with E-state index in [-0.39, 0.29) is 12.6 Å². The normalized spacial score (nSPS) is 20.6. The summed E-state index contributed by atoms with van der Waals surface area (Å²) in [4.78, 5) is 14.0. The van der Waals surface area contributed by atoms with Gasteiger partial charge in [-0.2, -0.15) is 0 Å². The Bertz CT molecular complexity index is 1080. The number of aliphatic hydroxyl groups excluding tert-OH is 1. The molecule has 0 radical (unpaired) electrons. The van der Waals surface area contributed by atoms with E-state index in [0.717, 1.165) is 58.9 Å². The fourth-order valence-electron chi connectivity index (χ4n) is 4.33. The number of rotatable bonds is 7. The average Bonchev–Trinajstić information content (AvgIpc) is 3.46. The number of benzene rings is 1. The maximum atomic E-state index is 9.65. The Morgan fingerprint density at radius 1 is 1.28 bits per heavy atom. The van der Waals surface area contributed by atoms with Crippen molar-refractivity contribution < 1.29 is 5.11 Å². The summed E-state index contributed by atoms with van der Waals surface area (Å²) < 4.78 is 0. The molecular weight excluding hydrogens is 396 g/mol. The molecule has 1 aromatic carbocycles. The Balaban J connectivity index is 1.76. The van der Waals surface area contributed by atoms with Gasteiger partial charge in [-0.1, -0.05) is 36.9 Å². The SMILES string of the molecule is C=C/C(=C\N(C)C)c1cccc(-c2ccc(C3=CC(C)N=C3)c(N3CCC(CO)C3)n2)c1. The first-order valence-corrected chi connectivity index (χ1v) is 11.2. The van der Waals surface area contributed by atoms with E-state index in [9.17, 15) is 5.11 Å². The fraction of sp³-hybridized carbons (Fsp3) is 0.333. The number of aliphatic hydroxyl groups is 1. The molecule has 32 heavy (non-hydrogen) atoms. The Morgan fingerprint density at radius 2 is 2.12 bits per heavy atom. The van der Waals surface area contributed by atoms with Crippen molar-refractivity contribution in [3.8, 4) is 11.3 Å². The standard InChI is InChI=1S/C27H32N4O/c1-5-21(17-30(3)4)22-7-6-8-23(14-22)26-10-9-25(24-13-19(2)28-15-24)27(29-26)31-12-11-20(16-31)18-32/h5-10,13-15,17,19-20,32H,1,11-12,16,18H2,2-4H3/b21-17+. The summed E-state index contributed by atoms with van der Waals surface area (Å²) >= 11 is 0. The van der Waals surface area contributed by atoms with Gasteiger partial charge in [0.15, 0.2) is 0 Å². The van der Waals surface area contributed by atoms with Crippen LogP contribution < -0.4 is 4.90 Å². The largest absolute Gasteiger partial charge is 0.396 e. The number of aliphatic imine (C=N–C) groups is 1. The molecule has 0 bridgehead atoms. The van der Waals surface area contributed by atoms with Gasteiger partial charge >= 0.3 is 0 Å². The van der Waals surface area contributed by atoms with Crippen molar-refractivity contribution in [3.05, 3.63) is 72.5 Å². The third-order valence-corrected chi connectivity index (χ3v) is 6.01. The van der Waals surface area contributed by atoms with E-state index in [1.165, 1.54) is 0 Å². The number of hydrogen-bond donors (Lipinski definition) is 1. The van der Waals surface area contributed by atoms with E-state index in [4.69, 9.17) is 4.98 Å². The lowest BCUT2D eigenvalue weighted by Crippen LogP contribution is -2.23. The van der Waals surface area contributed by atoms with E-state index in [0.29, 0.717) is 5.92 Å². The van der Waals surface area contributed by atoms with Gasteiger partial charge in [0.1, 0.15) is 5.82 Å². The molecule has 5 heteroatoms. The second-order valence-electron chi connectivity index (χ2n) is 8.82. The number of anilines is 1. The Morgan fingerprint density at radius 3 is 2.78 bits per heavy atom. The number of nitrogens with zero attached hydrogens (tertiary/aromatic N) is 4. The van der Waals surface area contributed by atoms with E-state index < -0.39 is 0 Å². The molecule has 0 aliphatic carbocycles. The van der Waals surface area contributed by atoms with Gasteiger partial charge in [0.25, 0.3) is 0 Å². The zero-order chi connectivity index (χ0) is 22.7. The highest BCUT2D eigenvalue weighted by atomic mass is 16.3. The van der Waals surface area contributed by atoms with Crippen LogP contribution in [0.3, 0.4) is 0 Å². The third kappa shape index (κ3) is 4.68. The number of pyridine rings is 1. The van der Waals surface area contributed by atoms with Crippen LogP contribution in [-0.2, 0) is 0 Å². The summed E-state index contributed by atoms with van der Waals surface area (Å²) in [6, 6.07) is 12.9. The predicted molar refractivity (Wildman–Crippen MR) is 135 cm³/mol. The summed E-state index contributed by atoms with van der Waals surface area (Å²) in [5.74, 6) is 1.27. The zero-order valence-corrected chi connectivity index (χ0v) is 19.2. The first-order valence-electron chi connectivity index (χ1n) is 11.2. The number of allylic oxidation sites excluding steroid dienone is 3. The highest BCUT2D eigenvalue weighted by molar-refractivity contribution is 6.13. The highest BCUT2D eigenvalue weighted by Crippen LogP contribution is 2.34. The molecule has 166 valence electrons. The van der Waals surface area contributed by atoms with Crippen LogP contribution in [0, 0.1) is 5.92 Å². The lowest BCUT2D eigenvalue weighted by atomic mass is 10.0. The minimum Gasteiger partial charge on any atom is -0.396 e. The smallest absolute Gasteiger partial charge is 0.137 e. The maximum absolute atomic E-state index is 9.65. The van der Waals surface area contributed by atoms with Gasteiger partial charge in [-0.25, -0.2) is 4.98 Å². The topological polar surface area (TPSA) is 52.0 Å². The predicted octanol–water partition coefficient (Wildman–Crippen LogP) is 4.51. The summed E-state index contributed by atoms with van der Waals surface area (Å²) in [6.07, 6.45) is 9.07. The molecule has 3 heterocycles. The second-order valence-corrected chi connectivity index (χ2v) is 8.82. The van der Waals surface area contributed by atoms with Gasteiger partial charge in [0.05, 0.1) is 11.7 Å². The molecule has 2 aromatic rings. The van der Waals surface area contributed by atoms with Crippen molar-refractivity contribution in [2.75, 3.05) is 38.7 Å². The molecule has 1 fully saturated rings. The van der Waals surface area contributed by atoms with Crippen LogP contribution in [0.15, 0.2) is 66.3 Å². The van der Waals surface area contributed by atoms with Gasteiger partial charge in [-0.15, -0.1) is 0 Å². The van der Waals surface area contributed by atoms with Gasteiger partial charge in [-0.05, 0) is 42.7 Å². The quantitative estimate of drug-likeness (QED) is 0.659. The molecule has 0 saturated carbocycles. The Hall–Kier alpha value is -3.18. The number of aromatic nitrogens is 1. The van der Waals surface area contributed by atoms with Crippen molar-refractivity contribution in [1.82, 2.24) is 9.88 Å². The maximum Gasteiger partial charge on any atom is 0.137 e. The van der Waals surface area contributed by atoms with Crippen LogP contribution in [0.5, 0.6) is 0 Å². The summed E-state index contributed by atoms with van der Waals surface area (Å²) in [5, 5.41) is 9.65. The van der Waals surface area contributed by atoms with Crippen molar-refractivity contribution in [2.24, 2.45) is 10.9 Å². The van der Waals surface area contributed by atoms with Gasteiger partial charge in [0, 0.05) is 68.8 Å². The lowest BCUT2D eigenvalue weighted by Gasteiger charge is -2.22. The van der Waals surface area contributed by atoms with Crippen LogP contribution in [0.4, 0.5) is 5.82 Å². The first kappa shape index (κ1) is 22.0. The molecule has 1 saturated heterocycles. The molecular formula is C27H32N4O. The highest BCUT2D eigenvalue weighted by Gasteiger charge is 2.26. The molecule has 4 rings (SSSR count). The third-order valence-electron chi connectivity index (χ3n) is 6.01. The average molecular weight is 429 g/mol. The van der Waals surface area contributed by atoms with E-state index in [2.05, 4.69) is 72.1 Å². The fourth-order valence-corrected chi connectivity index (χ4v) is 4.33. The summed E-state index contributed by atoms with van der Waals surface area (Å²) in [5.41, 5.74) is 6.42. The summed E-state index contributed by atoms with van der Waals surface area (Å²) in [6.45, 7) is 8.02. The van der Waals surface area contributed by atoms with Crippen molar-refractivity contribution in [3.63, 3.8) is 0 Å². The van der Waals surface area contributed by atoms with E-state index in [1.807, 2.05) is 31.3 Å². The minimum atomic E-state index is 0.193. The molecule has 0 amide bonds. The Kier molecular flexibility index (Phi) is 6.56. The van der Waals surface area contributed by atoms with Crippen molar-refractivity contribution in [1.29, 1.82) is 0 Å². The van der Waals surface area contributed by atoms with Crippen molar-refractivity contribution in [2.45, 2.75) is 19.4 Å². The van der Waals surface area contributed by atoms with Crippen molar-refractivity contribution >= 4 is 23.2 Å². The van der Waals surface area contributed by atoms with Crippen LogP contribution >= 0.6 is 0 Å². The van der Waals surface area contributed by atoms with E-state index >= 15 is 0 Å². The molecule has 2 atom stereocenters. The van der Waals surface area contributed by atoms with Crippen LogP contribution in [0.2, 0.25) is 0 Å². The number of hydrogen-bond acceptors (Lipinski definition) is 5. The first-order chi connectivity index (χ1) is 15.5. The van der Waals surface area contributed by atoms with E-state index in [1.54, 1.807) is 0 Å². The second kappa shape index (κ2) is 9.53. The molecule has 1 aromatic heterocycles.